The Morgan fingerprint density at radius 2 is 2.00 bits per heavy atom. The second kappa shape index (κ2) is 5.79. The molecule has 4 heteroatoms. The van der Waals surface area contributed by atoms with E-state index in [1.165, 1.54) is 16.7 Å². The number of anilines is 1. The van der Waals surface area contributed by atoms with Gasteiger partial charge in [0.2, 0.25) is 0 Å². The summed E-state index contributed by atoms with van der Waals surface area (Å²) in [5.74, 6) is 0.817. The summed E-state index contributed by atoms with van der Waals surface area (Å²) in [6.07, 6.45) is 5.46. The maximum Gasteiger partial charge on any atom is 0.153 e. The van der Waals surface area contributed by atoms with Crippen LogP contribution in [-0.2, 0) is 6.54 Å². The summed E-state index contributed by atoms with van der Waals surface area (Å²) in [6, 6.07) is 12.3. The number of aryl methyl sites for hydroxylation is 1. The van der Waals surface area contributed by atoms with Gasteiger partial charge in [0.15, 0.2) is 5.82 Å². The van der Waals surface area contributed by atoms with Gasteiger partial charge < -0.3 is 5.32 Å². The summed E-state index contributed by atoms with van der Waals surface area (Å²) >= 11 is 0. The van der Waals surface area contributed by atoms with Crippen LogP contribution in [0.2, 0.25) is 0 Å². The molecule has 0 saturated carbocycles. The molecule has 1 N–H and O–H groups in total. The van der Waals surface area contributed by atoms with Gasteiger partial charge in [-0.05, 0) is 48.7 Å². The normalized spacial score (nSPS) is 10.6. The molecule has 1 aromatic carbocycles. The third-order valence-corrected chi connectivity index (χ3v) is 3.69. The number of pyridine rings is 1. The van der Waals surface area contributed by atoms with Gasteiger partial charge in [-0.2, -0.15) is 5.10 Å². The van der Waals surface area contributed by atoms with Crippen LogP contribution in [0.5, 0.6) is 0 Å². The lowest BCUT2D eigenvalue weighted by atomic mass is 10.0. The fourth-order valence-electron chi connectivity index (χ4n) is 2.23. The number of rotatable bonds is 4. The van der Waals surface area contributed by atoms with E-state index in [0.29, 0.717) is 0 Å². The molecule has 2 heterocycles. The van der Waals surface area contributed by atoms with E-state index >= 15 is 0 Å². The Bertz CT molecular complexity index is 715. The molecule has 2 aromatic heterocycles. The highest BCUT2D eigenvalue weighted by Crippen LogP contribution is 2.15. The fraction of sp³-hybridized carbons (Fsp3) is 0.176. The first kappa shape index (κ1) is 13.4. The second-order valence-corrected chi connectivity index (χ2v) is 5.07. The monoisotopic (exact) mass is 278 g/mol. The molecular formula is C17H18N4. The number of hydrogen-bond donors (Lipinski definition) is 1. The topological polar surface area (TPSA) is 42.7 Å². The number of aromatic nitrogens is 3. The third-order valence-electron chi connectivity index (χ3n) is 3.69. The fourth-order valence-corrected chi connectivity index (χ4v) is 2.23. The molecule has 106 valence electrons. The highest BCUT2D eigenvalue weighted by Gasteiger charge is 2.02. The molecule has 0 radical (unpaired) electrons. The van der Waals surface area contributed by atoms with Crippen LogP contribution in [0.1, 0.15) is 16.7 Å². The van der Waals surface area contributed by atoms with E-state index in [0.717, 1.165) is 18.1 Å². The summed E-state index contributed by atoms with van der Waals surface area (Å²) in [5, 5.41) is 7.57. The van der Waals surface area contributed by atoms with Crippen LogP contribution in [-0.4, -0.2) is 14.8 Å². The number of benzene rings is 1. The van der Waals surface area contributed by atoms with Crippen LogP contribution in [0.4, 0.5) is 5.69 Å². The van der Waals surface area contributed by atoms with Gasteiger partial charge in [0.05, 0.1) is 11.9 Å². The van der Waals surface area contributed by atoms with Crippen molar-refractivity contribution in [3.8, 4) is 5.82 Å². The van der Waals surface area contributed by atoms with Crippen molar-refractivity contribution in [2.24, 2.45) is 0 Å². The van der Waals surface area contributed by atoms with E-state index < -0.39 is 0 Å². The predicted octanol–water partition coefficient (Wildman–Crippen LogP) is 3.50. The molecule has 3 aromatic rings. The Kier molecular flexibility index (Phi) is 3.69. The largest absolute Gasteiger partial charge is 0.380 e. The van der Waals surface area contributed by atoms with Crippen molar-refractivity contribution in [2.75, 3.05) is 5.32 Å². The highest BCUT2D eigenvalue weighted by molar-refractivity contribution is 5.45. The molecule has 4 nitrogen and oxygen atoms in total. The standard InChI is InChI=1S/C17H18N4/c1-13-5-3-6-15(14(13)2)11-18-16-7-8-17(19-12-16)21-10-4-9-20-21/h3-10,12,18H,11H2,1-2H3. The van der Waals surface area contributed by atoms with Gasteiger partial charge in [-0.25, -0.2) is 9.67 Å². The molecule has 0 unspecified atom stereocenters. The van der Waals surface area contributed by atoms with Gasteiger partial charge in [0, 0.05) is 18.9 Å². The molecule has 0 aliphatic heterocycles. The molecule has 3 rings (SSSR count). The zero-order valence-corrected chi connectivity index (χ0v) is 12.2. The summed E-state index contributed by atoms with van der Waals surface area (Å²) in [5.41, 5.74) is 4.98. The molecule has 21 heavy (non-hydrogen) atoms. The molecule has 0 atom stereocenters. The minimum absolute atomic E-state index is 0.802. The third kappa shape index (κ3) is 2.94. The first-order valence-electron chi connectivity index (χ1n) is 6.99. The Hall–Kier alpha value is -2.62. The van der Waals surface area contributed by atoms with E-state index in [1.807, 2.05) is 30.6 Å². The van der Waals surface area contributed by atoms with Gasteiger partial charge in [-0.15, -0.1) is 0 Å². The Balaban J connectivity index is 1.70. The van der Waals surface area contributed by atoms with Gasteiger partial charge in [0.25, 0.3) is 0 Å². The van der Waals surface area contributed by atoms with E-state index in [-0.39, 0.29) is 0 Å². The van der Waals surface area contributed by atoms with Gasteiger partial charge in [-0.1, -0.05) is 18.2 Å². The van der Waals surface area contributed by atoms with Gasteiger partial charge in [-0.3, -0.25) is 0 Å². The average molecular weight is 278 g/mol. The minimum atomic E-state index is 0.802. The number of nitrogens with one attached hydrogen (secondary N) is 1. The first-order chi connectivity index (χ1) is 10.2. The Morgan fingerprint density at radius 1 is 1.10 bits per heavy atom. The molecule has 0 amide bonds. The molecule has 0 spiro atoms. The molecule has 0 aliphatic carbocycles. The van der Waals surface area contributed by atoms with Crippen molar-refractivity contribution < 1.29 is 0 Å². The van der Waals surface area contributed by atoms with Crippen LogP contribution in [0.15, 0.2) is 55.0 Å². The zero-order chi connectivity index (χ0) is 14.7. The lowest BCUT2D eigenvalue weighted by Crippen LogP contribution is -2.03. The number of hydrogen-bond acceptors (Lipinski definition) is 3. The Labute approximate surface area is 124 Å². The van der Waals surface area contributed by atoms with Crippen molar-refractivity contribution >= 4 is 5.69 Å². The quantitative estimate of drug-likeness (QED) is 0.794. The van der Waals surface area contributed by atoms with E-state index in [9.17, 15) is 0 Å². The SMILES string of the molecule is Cc1cccc(CNc2ccc(-n3cccn3)nc2)c1C. The van der Waals surface area contributed by atoms with E-state index in [4.69, 9.17) is 0 Å². The van der Waals surface area contributed by atoms with Crippen molar-refractivity contribution in [3.63, 3.8) is 0 Å². The molecular weight excluding hydrogens is 260 g/mol. The summed E-state index contributed by atoms with van der Waals surface area (Å²) in [6.45, 7) is 5.10. The zero-order valence-electron chi connectivity index (χ0n) is 12.2. The van der Waals surface area contributed by atoms with Gasteiger partial charge in [0.1, 0.15) is 0 Å². The second-order valence-electron chi connectivity index (χ2n) is 5.07. The predicted molar refractivity (Wildman–Crippen MR) is 84.6 cm³/mol. The van der Waals surface area contributed by atoms with Crippen LogP contribution < -0.4 is 5.32 Å². The smallest absolute Gasteiger partial charge is 0.153 e. The van der Waals surface area contributed by atoms with Crippen LogP contribution >= 0.6 is 0 Å². The summed E-state index contributed by atoms with van der Waals surface area (Å²) < 4.78 is 1.74. The summed E-state index contributed by atoms with van der Waals surface area (Å²) in [7, 11) is 0. The summed E-state index contributed by atoms with van der Waals surface area (Å²) in [4.78, 5) is 4.41. The van der Waals surface area contributed by atoms with Crippen LogP contribution in [0, 0.1) is 13.8 Å². The van der Waals surface area contributed by atoms with Crippen molar-refractivity contribution in [2.45, 2.75) is 20.4 Å². The minimum Gasteiger partial charge on any atom is -0.380 e. The maximum atomic E-state index is 4.41. The van der Waals surface area contributed by atoms with Crippen LogP contribution in [0.3, 0.4) is 0 Å². The molecule has 0 bridgehead atoms. The van der Waals surface area contributed by atoms with Gasteiger partial charge >= 0.3 is 0 Å². The molecule has 0 fully saturated rings. The average Bonchev–Trinajstić information content (AvgIpc) is 3.04. The van der Waals surface area contributed by atoms with Crippen molar-refractivity contribution in [1.82, 2.24) is 14.8 Å². The lowest BCUT2D eigenvalue weighted by molar-refractivity contribution is 0.847. The van der Waals surface area contributed by atoms with E-state index in [1.54, 1.807) is 10.9 Å². The van der Waals surface area contributed by atoms with Crippen molar-refractivity contribution in [3.05, 3.63) is 71.7 Å². The van der Waals surface area contributed by atoms with E-state index in [2.05, 4.69) is 47.4 Å². The molecule has 0 aliphatic rings. The highest BCUT2D eigenvalue weighted by atomic mass is 15.3. The number of nitrogens with zero attached hydrogens (tertiary/aromatic N) is 3. The molecule has 0 saturated heterocycles. The Morgan fingerprint density at radius 3 is 2.71 bits per heavy atom. The first-order valence-corrected chi connectivity index (χ1v) is 6.99. The maximum absolute atomic E-state index is 4.41. The van der Waals surface area contributed by atoms with Crippen molar-refractivity contribution in [1.29, 1.82) is 0 Å². The van der Waals surface area contributed by atoms with Crippen LogP contribution in [0.25, 0.3) is 5.82 Å². The lowest BCUT2D eigenvalue weighted by Gasteiger charge is -2.11.